The Morgan fingerprint density at radius 1 is 1.41 bits per heavy atom. The minimum absolute atomic E-state index is 0.806. The molecule has 2 rings (SSSR count). The number of hydrogen-bond donors (Lipinski definition) is 1. The molecule has 0 saturated heterocycles. The van der Waals surface area contributed by atoms with Crippen LogP contribution < -0.4 is 5.32 Å². The molecule has 1 N–H and O–H groups in total. The van der Waals surface area contributed by atoms with Crippen LogP contribution in [0.3, 0.4) is 0 Å². The van der Waals surface area contributed by atoms with Crippen LogP contribution in [0.15, 0.2) is 10.6 Å². The van der Waals surface area contributed by atoms with Crippen LogP contribution in [0.4, 0.5) is 0 Å². The van der Waals surface area contributed by atoms with Gasteiger partial charge in [-0.05, 0) is 33.9 Å². The van der Waals surface area contributed by atoms with Crippen molar-refractivity contribution in [2.75, 3.05) is 13.6 Å². The van der Waals surface area contributed by atoms with Crippen molar-refractivity contribution in [2.45, 2.75) is 26.7 Å². The SMILES string of the molecule is CNCCCc1ncc(-c2sc(C)nc2C)o1. The molecule has 0 amide bonds. The van der Waals surface area contributed by atoms with E-state index in [1.807, 2.05) is 20.9 Å². The quantitative estimate of drug-likeness (QED) is 0.830. The molecular formula is C12H17N3OS. The van der Waals surface area contributed by atoms with Gasteiger partial charge in [0.25, 0.3) is 0 Å². The number of thiazole rings is 1. The Hall–Kier alpha value is -1.20. The zero-order chi connectivity index (χ0) is 12.3. The molecule has 0 saturated carbocycles. The lowest BCUT2D eigenvalue weighted by molar-refractivity contribution is 0.496. The van der Waals surface area contributed by atoms with Crippen molar-refractivity contribution in [1.82, 2.24) is 15.3 Å². The van der Waals surface area contributed by atoms with Gasteiger partial charge >= 0.3 is 0 Å². The minimum Gasteiger partial charge on any atom is -0.440 e. The summed E-state index contributed by atoms with van der Waals surface area (Å²) in [5.74, 6) is 1.65. The van der Waals surface area contributed by atoms with Crippen molar-refractivity contribution in [3.63, 3.8) is 0 Å². The molecule has 0 atom stereocenters. The van der Waals surface area contributed by atoms with Crippen molar-refractivity contribution in [3.05, 3.63) is 22.8 Å². The van der Waals surface area contributed by atoms with Gasteiger partial charge < -0.3 is 9.73 Å². The van der Waals surface area contributed by atoms with Crippen LogP contribution in [0.1, 0.15) is 23.0 Å². The lowest BCUT2D eigenvalue weighted by Gasteiger charge is -1.95. The molecule has 0 aliphatic carbocycles. The molecule has 2 heterocycles. The number of oxazole rings is 1. The zero-order valence-electron chi connectivity index (χ0n) is 10.4. The molecule has 2 aromatic rings. The second kappa shape index (κ2) is 5.42. The molecular weight excluding hydrogens is 234 g/mol. The maximum Gasteiger partial charge on any atom is 0.194 e. The fourth-order valence-corrected chi connectivity index (χ4v) is 2.57. The fourth-order valence-electron chi connectivity index (χ4n) is 1.71. The third kappa shape index (κ3) is 2.92. The Labute approximate surface area is 105 Å². The predicted octanol–water partition coefficient (Wildman–Crippen LogP) is 2.57. The van der Waals surface area contributed by atoms with Gasteiger partial charge in [0.15, 0.2) is 11.7 Å². The first-order chi connectivity index (χ1) is 8.20. The zero-order valence-corrected chi connectivity index (χ0v) is 11.2. The summed E-state index contributed by atoms with van der Waals surface area (Å²) in [7, 11) is 1.95. The third-order valence-corrected chi connectivity index (χ3v) is 3.59. The summed E-state index contributed by atoms with van der Waals surface area (Å²) >= 11 is 1.65. The molecule has 0 spiro atoms. The standard InChI is InChI=1S/C12H17N3OS/c1-8-12(17-9(2)15-8)10-7-14-11(16-10)5-4-6-13-3/h7,13H,4-6H2,1-3H3. The highest BCUT2D eigenvalue weighted by Gasteiger charge is 2.12. The number of hydrogen-bond acceptors (Lipinski definition) is 5. The maximum atomic E-state index is 5.74. The summed E-state index contributed by atoms with van der Waals surface area (Å²) in [5.41, 5.74) is 1.02. The first-order valence-electron chi connectivity index (χ1n) is 5.74. The van der Waals surface area contributed by atoms with Crippen molar-refractivity contribution in [3.8, 4) is 10.6 Å². The van der Waals surface area contributed by atoms with E-state index in [0.717, 1.165) is 46.6 Å². The van der Waals surface area contributed by atoms with E-state index in [-0.39, 0.29) is 0 Å². The van der Waals surface area contributed by atoms with E-state index in [1.165, 1.54) is 0 Å². The van der Waals surface area contributed by atoms with Gasteiger partial charge in [0.1, 0.15) is 0 Å². The molecule has 92 valence electrons. The monoisotopic (exact) mass is 251 g/mol. The van der Waals surface area contributed by atoms with E-state index in [0.29, 0.717) is 0 Å². The molecule has 0 fully saturated rings. The largest absolute Gasteiger partial charge is 0.440 e. The maximum absolute atomic E-state index is 5.74. The van der Waals surface area contributed by atoms with Gasteiger partial charge in [-0.3, -0.25) is 0 Å². The number of aromatic nitrogens is 2. The Balaban J connectivity index is 2.10. The highest BCUT2D eigenvalue weighted by Crippen LogP contribution is 2.30. The molecule has 0 radical (unpaired) electrons. The van der Waals surface area contributed by atoms with Gasteiger partial charge in [-0.2, -0.15) is 0 Å². The lowest BCUT2D eigenvalue weighted by atomic mass is 10.3. The van der Waals surface area contributed by atoms with Crippen molar-refractivity contribution in [1.29, 1.82) is 0 Å². The van der Waals surface area contributed by atoms with Crippen LogP contribution in [0.25, 0.3) is 10.6 Å². The van der Waals surface area contributed by atoms with Crippen LogP contribution in [-0.4, -0.2) is 23.6 Å². The van der Waals surface area contributed by atoms with Gasteiger partial charge in [0.05, 0.1) is 21.8 Å². The van der Waals surface area contributed by atoms with Crippen molar-refractivity contribution in [2.24, 2.45) is 0 Å². The molecule has 17 heavy (non-hydrogen) atoms. The van der Waals surface area contributed by atoms with Crippen LogP contribution in [0.5, 0.6) is 0 Å². The smallest absolute Gasteiger partial charge is 0.194 e. The Morgan fingerprint density at radius 2 is 2.24 bits per heavy atom. The Kier molecular flexibility index (Phi) is 3.91. The summed E-state index contributed by atoms with van der Waals surface area (Å²) in [6.45, 7) is 4.99. The second-order valence-electron chi connectivity index (χ2n) is 3.97. The average molecular weight is 251 g/mol. The summed E-state index contributed by atoms with van der Waals surface area (Å²) in [5, 5.41) is 4.17. The summed E-state index contributed by atoms with van der Waals surface area (Å²) in [6.07, 6.45) is 3.71. The number of nitrogens with zero attached hydrogens (tertiary/aromatic N) is 2. The number of nitrogens with one attached hydrogen (secondary N) is 1. The summed E-state index contributed by atoms with van der Waals surface area (Å²) in [6, 6.07) is 0. The lowest BCUT2D eigenvalue weighted by Crippen LogP contribution is -2.08. The molecule has 0 bridgehead atoms. The highest BCUT2D eigenvalue weighted by molar-refractivity contribution is 7.15. The van der Waals surface area contributed by atoms with Gasteiger partial charge in [0, 0.05) is 6.42 Å². The molecule has 0 aliphatic rings. The van der Waals surface area contributed by atoms with Crippen LogP contribution in [-0.2, 0) is 6.42 Å². The topological polar surface area (TPSA) is 51.0 Å². The predicted molar refractivity (Wildman–Crippen MR) is 69.3 cm³/mol. The van der Waals surface area contributed by atoms with Crippen molar-refractivity contribution >= 4 is 11.3 Å². The molecule has 0 aromatic carbocycles. The van der Waals surface area contributed by atoms with Gasteiger partial charge in [0.2, 0.25) is 0 Å². The minimum atomic E-state index is 0.806. The Morgan fingerprint density at radius 3 is 2.88 bits per heavy atom. The number of aryl methyl sites for hydroxylation is 3. The van der Waals surface area contributed by atoms with E-state index >= 15 is 0 Å². The van der Waals surface area contributed by atoms with Crippen molar-refractivity contribution < 1.29 is 4.42 Å². The van der Waals surface area contributed by atoms with Crippen LogP contribution in [0.2, 0.25) is 0 Å². The van der Waals surface area contributed by atoms with Gasteiger partial charge in [-0.25, -0.2) is 9.97 Å². The molecule has 0 aliphatic heterocycles. The van der Waals surface area contributed by atoms with E-state index in [1.54, 1.807) is 17.5 Å². The van der Waals surface area contributed by atoms with Gasteiger partial charge in [-0.15, -0.1) is 11.3 Å². The first-order valence-corrected chi connectivity index (χ1v) is 6.56. The Bertz CT molecular complexity index is 490. The molecule has 0 unspecified atom stereocenters. The average Bonchev–Trinajstić information content (AvgIpc) is 2.86. The molecule has 5 heteroatoms. The third-order valence-electron chi connectivity index (χ3n) is 2.50. The summed E-state index contributed by atoms with van der Waals surface area (Å²) in [4.78, 5) is 9.78. The van der Waals surface area contributed by atoms with E-state index in [4.69, 9.17) is 4.42 Å². The first kappa shape index (κ1) is 12.3. The van der Waals surface area contributed by atoms with E-state index in [9.17, 15) is 0 Å². The van der Waals surface area contributed by atoms with Gasteiger partial charge in [-0.1, -0.05) is 0 Å². The molecule has 2 aromatic heterocycles. The summed E-state index contributed by atoms with van der Waals surface area (Å²) < 4.78 is 5.74. The van der Waals surface area contributed by atoms with E-state index < -0.39 is 0 Å². The highest BCUT2D eigenvalue weighted by atomic mass is 32.1. The fraction of sp³-hybridized carbons (Fsp3) is 0.500. The van der Waals surface area contributed by atoms with Crippen LogP contribution in [0, 0.1) is 13.8 Å². The normalized spacial score (nSPS) is 11.0. The molecule has 4 nitrogen and oxygen atoms in total. The second-order valence-corrected chi connectivity index (χ2v) is 5.18. The van der Waals surface area contributed by atoms with E-state index in [2.05, 4.69) is 15.3 Å². The van der Waals surface area contributed by atoms with Crippen LogP contribution >= 0.6 is 11.3 Å². The number of rotatable bonds is 5.